The van der Waals surface area contributed by atoms with E-state index in [4.69, 9.17) is 0 Å². The van der Waals surface area contributed by atoms with Gasteiger partial charge < -0.3 is 0 Å². The second-order valence-corrected chi connectivity index (χ2v) is 2.91. The van der Waals surface area contributed by atoms with Crippen LogP contribution < -0.4 is 0 Å². The highest BCUT2D eigenvalue weighted by Gasteiger charge is 1.93. The molecular formula is C11H18. The summed E-state index contributed by atoms with van der Waals surface area (Å²) in [6.07, 6.45) is 8.93. The highest BCUT2D eigenvalue weighted by Crippen LogP contribution is 2.09. The van der Waals surface area contributed by atoms with Crippen molar-refractivity contribution in [3.63, 3.8) is 0 Å². The molecule has 0 bridgehead atoms. The van der Waals surface area contributed by atoms with Crippen molar-refractivity contribution in [1.82, 2.24) is 0 Å². The van der Waals surface area contributed by atoms with Crippen LogP contribution in [0, 0.1) is 5.92 Å². The largest absolute Gasteiger partial charge is 0.133 e. The lowest BCUT2D eigenvalue weighted by atomic mass is 10.0. The Hall–Kier alpha value is -0.740. The van der Waals surface area contributed by atoms with Gasteiger partial charge in [0.15, 0.2) is 0 Å². The van der Waals surface area contributed by atoms with Crippen molar-refractivity contribution in [3.05, 3.63) is 31.0 Å². The Balaban J connectivity index is 3.13. The smallest absolute Gasteiger partial charge is 0.0265 e. The van der Waals surface area contributed by atoms with Crippen molar-refractivity contribution in [2.75, 3.05) is 0 Å². The first kappa shape index (κ1) is 10.3. The minimum Gasteiger partial charge on any atom is -0.133 e. The van der Waals surface area contributed by atoms with Crippen molar-refractivity contribution in [3.8, 4) is 0 Å². The van der Waals surface area contributed by atoms with Crippen LogP contribution in [0.4, 0.5) is 0 Å². The first-order valence-corrected chi connectivity index (χ1v) is 4.28. The van der Waals surface area contributed by atoms with Crippen molar-refractivity contribution < 1.29 is 0 Å². The molecule has 0 saturated carbocycles. The van der Waals surface area contributed by atoms with E-state index in [1.165, 1.54) is 19.3 Å². The normalized spacial score (nSPS) is 11.7. The molecule has 0 aromatic heterocycles. The molecule has 0 aliphatic carbocycles. The topological polar surface area (TPSA) is 0 Å². The third-order valence-corrected chi connectivity index (χ3v) is 1.80. The number of rotatable bonds is 6. The standard InChI is InChI=1S/C11H18/c1-4-6-7-8-9-10-11(3)5-2/h5-6,11H,1-2,7-10H2,3H3. The Morgan fingerprint density at radius 2 is 2.18 bits per heavy atom. The van der Waals surface area contributed by atoms with E-state index in [0.717, 1.165) is 6.42 Å². The van der Waals surface area contributed by atoms with Gasteiger partial charge in [0, 0.05) is 0 Å². The van der Waals surface area contributed by atoms with Crippen LogP contribution in [0.25, 0.3) is 0 Å². The molecule has 0 N–H and O–H groups in total. The average Bonchev–Trinajstić information content (AvgIpc) is 2.04. The molecule has 0 heteroatoms. The summed E-state index contributed by atoms with van der Waals surface area (Å²) in [7, 11) is 0. The van der Waals surface area contributed by atoms with E-state index in [-0.39, 0.29) is 0 Å². The minimum absolute atomic E-state index is 0.669. The van der Waals surface area contributed by atoms with E-state index in [2.05, 4.69) is 25.8 Å². The zero-order valence-electron chi connectivity index (χ0n) is 7.47. The van der Waals surface area contributed by atoms with E-state index in [0.29, 0.717) is 5.92 Å². The van der Waals surface area contributed by atoms with Gasteiger partial charge in [-0.3, -0.25) is 0 Å². The second kappa shape index (κ2) is 7.37. The molecule has 0 aromatic rings. The summed E-state index contributed by atoms with van der Waals surface area (Å²) in [4.78, 5) is 0. The molecule has 0 aliphatic heterocycles. The fourth-order valence-electron chi connectivity index (χ4n) is 0.933. The lowest BCUT2D eigenvalue weighted by Crippen LogP contribution is -1.87. The molecule has 0 amide bonds. The Morgan fingerprint density at radius 3 is 2.73 bits per heavy atom. The number of hydrogen-bond donors (Lipinski definition) is 0. The third-order valence-electron chi connectivity index (χ3n) is 1.80. The molecule has 0 heterocycles. The first-order valence-electron chi connectivity index (χ1n) is 4.28. The second-order valence-electron chi connectivity index (χ2n) is 2.91. The van der Waals surface area contributed by atoms with Crippen LogP contribution in [0.15, 0.2) is 31.0 Å². The van der Waals surface area contributed by atoms with Gasteiger partial charge in [-0.2, -0.15) is 0 Å². The van der Waals surface area contributed by atoms with Crippen molar-refractivity contribution in [1.29, 1.82) is 0 Å². The van der Waals surface area contributed by atoms with Gasteiger partial charge in [0.25, 0.3) is 0 Å². The van der Waals surface area contributed by atoms with Gasteiger partial charge in [-0.15, -0.1) is 12.3 Å². The zero-order chi connectivity index (χ0) is 8.53. The molecule has 0 radical (unpaired) electrons. The maximum Gasteiger partial charge on any atom is -0.0265 e. The van der Waals surface area contributed by atoms with E-state index in [1.807, 2.05) is 12.2 Å². The van der Waals surface area contributed by atoms with Crippen LogP contribution in [-0.4, -0.2) is 0 Å². The number of allylic oxidation sites excluding steroid dienone is 2. The molecule has 0 spiro atoms. The summed E-state index contributed by atoms with van der Waals surface area (Å²) in [5.41, 5.74) is 2.77. The van der Waals surface area contributed by atoms with Gasteiger partial charge in [-0.05, 0) is 31.3 Å². The first-order chi connectivity index (χ1) is 5.31. The van der Waals surface area contributed by atoms with Gasteiger partial charge >= 0.3 is 0 Å². The van der Waals surface area contributed by atoms with Crippen molar-refractivity contribution in [2.24, 2.45) is 5.92 Å². The molecule has 0 aliphatic rings. The molecule has 1 unspecified atom stereocenters. The van der Waals surface area contributed by atoms with E-state index >= 15 is 0 Å². The predicted molar refractivity (Wildman–Crippen MR) is 51.5 cm³/mol. The molecule has 0 saturated heterocycles. The lowest BCUT2D eigenvalue weighted by molar-refractivity contribution is 0.586. The highest BCUT2D eigenvalue weighted by molar-refractivity contribution is 4.77. The quantitative estimate of drug-likeness (QED) is 0.307. The Kier molecular flexibility index (Phi) is 6.87. The minimum atomic E-state index is 0.669. The van der Waals surface area contributed by atoms with E-state index in [9.17, 15) is 0 Å². The van der Waals surface area contributed by atoms with Gasteiger partial charge in [0.2, 0.25) is 0 Å². The molecular weight excluding hydrogens is 132 g/mol. The maximum atomic E-state index is 3.75. The predicted octanol–water partition coefficient (Wildman–Crippen LogP) is 3.71. The summed E-state index contributed by atoms with van der Waals surface area (Å²) < 4.78 is 0. The van der Waals surface area contributed by atoms with Gasteiger partial charge in [0.05, 0.1) is 0 Å². The van der Waals surface area contributed by atoms with Gasteiger partial charge in [0.1, 0.15) is 0 Å². The van der Waals surface area contributed by atoms with Gasteiger partial charge in [-0.1, -0.05) is 26.0 Å². The zero-order valence-corrected chi connectivity index (χ0v) is 7.47. The molecule has 0 aromatic carbocycles. The summed E-state index contributed by atoms with van der Waals surface area (Å²) in [6, 6.07) is 0. The highest BCUT2D eigenvalue weighted by atomic mass is 14.0. The van der Waals surface area contributed by atoms with Crippen molar-refractivity contribution >= 4 is 0 Å². The van der Waals surface area contributed by atoms with Crippen LogP contribution in [0.5, 0.6) is 0 Å². The van der Waals surface area contributed by atoms with E-state index in [1.54, 1.807) is 0 Å². The van der Waals surface area contributed by atoms with Gasteiger partial charge in [-0.25, -0.2) is 0 Å². The number of unbranched alkanes of at least 4 members (excludes halogenated alkanes) is 2. The fraction of sp³-hybridized carbons (Fsp3) is 0.545. The van der Waals surface area contributed by atoms with Crippen LogP contribution in [-0.2, 0) is 0 Å². The van der Waals surface area contributed by atoms with Crippen LogP contribution in [0.2, 0.25) is 0 Å². The summed E-state index contributed by atoms with van der Waals surface area (Å²) in [6.45, 7) is 9.46. The number of hydrogen-bond acceptors (Lipinski definition) is 0. The monoisotopic (exact) mass is 150 g/mol. The van der Waals surface area contributed by atoms with E-state index < -0.39 is 0 Å². The average molecular weight is 150 g/mol. The summed E-state index contributed by atoms with van der Waals surface area (Å²) in [5, 5.41) is 0. The molecule has 62 valence electrons. The molecule has 1 atom stereocenters. The van der Waals surface area contributed by atoms with Crippen LogP contribution in [0.3, 0.4) is 0 Å². The molecule has 0 fully saturated rings. The summed E-state index contributed by atoms with van der Waals surface area (Å²) in [5.74, 6) is 0.669. The molecule has 0 nitrogen and oxygen atoms in total. The van der Waals surface area contributed by atoms with Crippen molar-refractivity contribution in [2.45, 2.75) is 32.6 Å². The Morgan fingerprint density at radius 1 is 1.45 bits per heavy atom. The van der Waals surface area contributed by atoms with Crippen LogP contribution >= 0.6 is 0 Å². The maximum absolute atomic E-state index is 3.75. The lowest BCUT2D eigenvalue weighted by Gasteiger charge is -2.02. The summed E-state index contributed by atoms with van der Waals surface area (Å²) >= 11 is 0. The molecule has 11 heavy (non-hydrogen) atoms. The third kappa shape index (κ3) is 7.15. The fourth-order valence-corrected chi connectivity index (χ4v) is 0.933. The van der Waals surface area contributed by atoms with Crippen LogP contribution in [0.1, 0.15) is 32.6 Å². The Bertz CT molecular complexity index is 138. The SMILES string of the molecule is C=C=CCCCCC(C)C=C. The Labute approximate surface area is 70.3 Å². The molecule has 0 rings (SSSR count).